The predicted octanol–water partition coefficient (Wildman–Crippen LogP) is 4.49. The van der Waals surface area contributed by atoms with Crippen molar-refractivity contribution in [3.8, 4) is 0 Å². The summed E-state index contributed by atoms with van der Waals surface area (Å²) in [6, 6.07) is 31.6. The van der Waals surface area contributed by atoms with Gasteiger partial charge in [0.1, 0.15) is 0 Å². The van der Waals surface area contributed by atoms with Gasteiger partial charge in [-0.2, -0.15) is 4.31 Å². The fraction of sp³-hybridized carbons (Fsp3) is 0.435. The van der Waals surface area contributed by atoms with Crippen LogP contribution in [0.3, 0.4) is 0 Å². The first kappa shape index (κ1) is 59.9. The number of esters is 2. The molecule has 0 unspecified atom stereocenters. The summed E-state index contributed by atoms with van der Waals surface area (Å²) in [4.78, 5) is 27.7. The fourth-order valence-electron chi connectivity index (χ4n) is 7.33. The van der Waals surface area contributed by atoms with Gasteiger partial charge in [0.25, 0.3) is 0 Å². The lowest BCUT2D eigenvalue weighted by atomic mass is 10.1. The van der Waals surface area contributed by atoms with Crippen LogP contribution < -0.4 is 13.9 Å². The number of rotatable bonds is 19. The van der Waals surface area contributed by atoms with Crippen LogP contribution in [-0.2, 0) is 61.7 Å². The summed E-state index contributed by atoms with van der Waals surface area (Å²) in [7, 11) is -6.38. The monoisotopic (exact) mass is 1090 g/mol. The number of anilines is 2. The second kappa shape index (κ2) is 28.6. The Morgan fingerprint density at radius 1 is 0.557 bits per heavy atom. The van der Waals surface area contributed by atoms with Gasteiger partial charge in [0.05, 0.1) is 73.8 Å². The summed E-state index contributed by atoms with van der Waals surface area (Å²) in [6.45, 7) is 7.52. The van der Waals surface area contributed by atoms with E-state index >= 15 is 0 Å². The molecule has 0 saturated carbocycles. The van der Waals surface area contributed by atoms with E-state index in [9.17, 15) is 43.3 Å². The zero-order valence-corrected chi connectivity index (χ0v) is 44.6. The second-order valence-corrected chi connectivity index (χ2v) is 25.2. The van der Waals surface area contributed by atoms with Crippen LogP contribution in [0.5, 0.6) is 0 Å². The third-order valence-corrected chi connectivity index (χ3v) is 15.9. The number of ether oxygens (including phenoxy) is 2. The summed E-state index contributed by atoms with van der Waals surface area (Å²) in [5, 5.41) is 3.31. The molecular weight excluding hydrogens is 1030 g/mol. The van der Waals surface area contributed by atoms with Crippen molar-refractivity contribution in [3.05, 3.63) is 131 Å². The van der Waals surface area contributed by atoms with Crippen molar-refractivity contribution in [1.29, 1.82) is 0 Å². The molecular formula is C46H64Cl2N6O12S4. The first-order valence-corrected chi connectivity index (χ1v) is 29.8. The number of carbonyl (C=O) groups is 2. The summed E-state index contributed by atoms with van der Waals surface area (Å²) in [5.74, 6) is -0.806. The van der Waals surface area contributed by atoms with E-state index in [0.29, 0.717) is 68.1 Å². The molecule has 2 heterocycles. The molecule has 0 aliphatic carbocycles. The molecule has 0 amide bonds. The molecule has 70 heavy (non-hydrogen) atoms. The fourth-order valence-corrected chi connectivity index (χ4v) is 11.2. The number of sulfonamides is 3. The maximum absolute atomic E-state index is 13.3. The van der Waals surface area contributed by atoms with Gasteiger partial charge in [0.15, 0.2) is 0 Å². The molecule has 4 aromatic rings. The lowest BCUT2D eigenvalue weighted by Gasteiger charge is -2.33. The number of para-hydroxylation sites is 2. The van der Waals surface area contributed by atoms with Crippen molar-refractivity contribution in [2.75, 3.05) is 112 Å². The number of hydrogen-bond acceptors (Lipinski definition) is 15. The summed E-state index contributed by atoms with van der Waals surface area (Å²) in [6.07, 6.45) is 3.16. The number of carbonyl (C=O) groups excluding carboxylic acids is 2. The minimum absolute atomic E-state index is 0. The highest BCUT2D eigenvalue weighted by molar-refractivity contribution is 8.13. The van der Waals surface area contributed by atoms with Crippen molar-refractivity contribution in [2.45, 2.75) is 25.9 Å². The summed E-state index contributed by atoms with van der Waals surface area (Å²) in [5.41, 5.74) is 3.59. The van der Waals surface area contributed by atoms with Crippen LogP contribution in [0.2, 0.25) is 0 Å². The molecule has 0 bridgehead atoms. The standard InChI is InChI=1S/C23H31N3O6S2.C22H29N3O4S.CH3ClO2S.ClH/c1-32-23(27)21-11-9-20(10-12-21)19-26(22-7-4-3-5-8-22)34(30,31)18-6-13-24-14-16-25(17-15-24)33(2,28)29;1-29-22(26)20-10-8-19(9-11-20)18-25(21-6-3-2-4-7-21)30(27,28)17-5-14-24-15-12-23-13-16-24;1-5(2,3)4;/h3-5,7-12H,6,13-19H2,1-2H3;2-4,6-11,23H,5,12-18H2,1H3;1H3;1H. The summed E-state index contributed by atoms with van der Waals surface area (Å²) < 4.78 is 109. The van der Waals surface area contributed by atoms with Crippen molar-refractivity contribution in [2.24, 2.45) is 0 Å². The van der Waals surface area contributed by atoms with Crippen molar-refractivity contribution < 1.29 is 52.7 Å². The Labute approximate surface area is 424 Å². The van der Waals surface area contributed by atoms with E-state index in [0.717, 1.165) is 50.1 Å². The lowest BCUT2D eigenvalue weighted by molar-refractivity contribution is 0.0592. The van der Waals surface area contributed by atoms with E-state index in [1.165, 1.54) is 33.4 Å². The number of hydrogen-bond donors (Lipinski definition) is 1. The third-order valence-electron chi connectivity index (χ3n) is 10.9. The molecule has 2 fully saturated rings. The molecule has 2 aliphatic rings. The molecule has 2 aliphatic heterocycles. The molecule has 1 N–H and O–H groups in total. The van der Waals surface area contributed by atoms with Gasteiger partial charge in [-0.15, -0.1) is 12.4 Å². The molecule has 388 valence electrons. The van der Waals surface area contributed by atoms with Crippen LogP contribution in [-0.4, -0.2) is 163 Å². The normalized spacial score (nSPS) is 14.9. The molecule has 6 rings (SSSR count). The Balaban J connectivity index is 0.000000335. The van der Waals surface area contributed by atoms with Crippen molar-refractivity contribution in [3.63, 3.8) is 0 Å². The van der Waals surface area contributed by atoms with Gasteiger partial charge < -0.3 is 24.6 Å². The summed E-state index contributed by atoms with van der Waals surface area (Å²) >= 11 is 0. The Hall–Kier alpha value is -4.36. The molecule has 18 nitrogen and oxygen atoms in total. The van der Waals surface area contributed by atoms with Crippen LogP contribution in [0.15, 0.2) is 109 Å². The van der Waals surface area contributed by atoms with Gasteiger partial charge in [-0.1, -0.05) is 60.7 Å². The average Bonchev–Trinajstić information content (AvgIpc) is 3.32. The van der Waals surface area contributed by atoms with E-state index in [4.69, 9.17) is 9.47 Å². The van der Waals surface area contributed by atoms with Crippen molar-refractivity contribution in [1.82, 2.24) is 19.4 Å². The topological polar surface area (TPSA) is 217 Å². The third kappa shape index (κ3) is 20.8. The number of benzene rings is 4. The maximum Gasteiger partial charge on any atom is 0.337 e. The van der Waals surface area contributed by atoms with Gasteiger partial charge in [-0.3, -0.25) is 8.61 Å². The number of nitrogens with one attached hydrogen (secondary N) is 1. The van der Waals surface area contributed by atoms with E-state index in [1.807, 2.05) is 24.3 Å². The first-order valence-electron chi connectivity index (χ1n) is 22.1. The number of halogens is 2. The Morgan fingerprint density at radius 3 is 1.23 bits per heavy atom. The Kier molecular flexibility index (Phi) is 24.5. The Bertz CT molecular complexity index is 2670. The van der Waals surface area contributed by atoms with Gasteiger partial charge in [0, 0.05) is 63.0 Å². The zero-order chi connectivity index (χ0) is 50.7. The molecule has 0 spiro atoms. The Morgan fingerprint density at radius 2 is 0.900 bits per heavy atom. The van der Waals surface area contributed by atoms with Crippen LogP contribution in [0.4, 0.5) is 11.4 Å². The second-order valence-electron chi connectivity index (χ2n) is 16.2. The van der Waals surface area contributed by atoms with E-state index in [1.54, 1.807) is 84.9 Å². The van der Waals surface area contributed by atoms with Gasteiger partial charge in [0.2, 0.25) is 39.1 Å². The maximum atomic E-state index is 13.3. The highest BCUT2D eigenvalue weighted by atomic mass is 35.7. The molecule has 24 heteroatoms. The largest absolute Gasteiger partial charge is 0.465 e. The van der Waals surface area contributed by atoms with E-state index < -0.39 is 51.1 Å². The lowest BCUT2D eigenvalue weighted by Crippen LogP contribution is -2.48. The van der Waals surface area contributed by atoms with Crippen molar-refractivity contribution >= 4 is 85.5 Å². The quantitative estimate of drug-likeness (QED) is 0.101. The van der Waals surface area contributed by atoms with Gasteiger partial charge in [-0.05, 0) is 85.6 Å². The smallest absolute Gasteiger partial charge is 0.337 e. The minimum Gasteiger partial charge on any atom is -0.465 e. The first-order chi connectivity index (χ1) is 32.6. The highest BCUT2D eigenvalue weighted by Crippen LogP contribution is 2.24. The van der Waals surface area contributed by atoms with E-state index in [-0.39, 0.29) is 37.0 Å². The van der Waals surface area contributed by atoms with Gasteiger partial charge >= 0.3 is 11.9 Å². The predicted molar refractivity (Wildman–Crippen MR) is 278 cm³/mol. The van der Waals surface area contributed by atoms with Crippen LogP contribution in [0.1, 0.15) is 44.7 Å². The molecule has 0 atom stereocenters. The molecule has 4 aromatic carbocycles. The molecule has 0 radical (unpaired) electrons. The average molecular weight is 1090 g/mol. The van der Waals surface area contributed by atoms with Crippen LogP contribution in [0.25, 0.3) is 0 Å². The number of piperazine rings is 2. The molecule has 0 aromatic heterocycles. The van der Waals surface area contributed by atoms with Crippen LogP contribution >= 0.6 is 23.1 Å². The zero-order valence-electron chi connectivity index (χ0n) is 39.8. The number of methoxy groups -OCH3 is 2. The molecule has 2 saturated heterocycles. The van der Waals surface area contributed by atoms with Crippen LogP contribution in [0, 0.1) is 0 Å². The van der Waals surface area contributed by atoms with Gasteiger partial charge in [-0.25, -0.2) is 43.3 Å². The SMILES string of the molecule is COC(=O)c1ccc(CN(c2ccccc2)S(=O)(=O)CCCN2CCN(S(C)(=O)=O)CC2)cc1.COC(=O)c1ccc(CN(c2ccccc2)S(=O)(=O)CCCN2CCNCC2)cc1.CS(=O)(=O)Cl.Cl. The number of nitrogens with zero attached hydrogens (tertiary/aromatic N) is 5. The van der Waals surface area contributed by atoms with E-state index in [2.05, 4.69) is 25.8 Å². The highest BCUT2D eigenvalue weighted by Gasteiger charge is 2.27. The minimum atomic E-state index is -3.63.